The Morgan fingerprint density at radius 3 is 2.27 bits per heavy atom. The topological polar surface area (TPSA) is 12.0 Å². The molecule has 0 bridgehead atoms. The average Bonchev–Trinajstić information content (AvgIpc) is 1.97. The summed E-state index contributed by atoms with van der Waals surface area (Å²) in [6.45, 7) is 5.87. The molecule has 1 N–H and O–H groups in total. The van der Waals surface area contributed by atoms with Gasteiger partial charge in [0.2, 0.25) is 0 Å². The van der Waals surface area contributed by atoms with E-state index in [4.69, 9.17) is 11.6 Å². The number of halogens is 2. The molecule has 11 heavy (non-hydrogen) atoms. The van der Waals surface area contributed by atoms with Crippen molar-refractivity contribution >= 4 is 11.6 Å². The Labute approximate surface area is 72.3 Å². The lowest BCUT2D eigenvalue weighted by Crippen LogP contribution is -2.53. The second kappa shape index (κ2) is 3.28. The predicted octanol–water partition coefficient (Wildman–Crippen LogP) is 2.15. The van der Waals surface area contributed by atoms with E-state index in [1.165, 1.54) is 0 Å². The molecule has 3 heteroatoms. The normalized spacial score (nSPS) is 52.6. The molecule has 0 aliphatic carbocycles. The van der Waals surface area contributed by atoms with Gasteiger partial charge in [0, 0.05) is 17.3 Å². The van der Waals surface area contributed by atoms with Gasteiger partial charge in [-0.1, -0.05) is 13.8 Å². The minimum Gasteiger partial charge on any atom is -0.285 e. The molecule has 0 saturated carbocycles. The van der Waals surface area contributed by atoms with E-state index in [1.54, 1.807) is 0 Å². The van der Waals surface area contributed by atoms with Crippen LogP contribution < -0.4 is 5.32 Å². The number of alkyl halides is 2. The van der Waals surface area contributed by atoms with Crippen LogP contribution in [0.4, 0.5) is 4.39 Å². The van der Waals surface area contributed by atoms with Gasteiger partial charge in [-0.2, -0.15) is 0 Å². The van der Waals surface area contributed by atoms with E-state index < -0.39 is 6.30 Å². The van der Waals surface area contributed by atoms with Gasteiger partial charge in [0.25, 0.3) is 0 Å². The van der Waals surface area contributed by atoms with Crippen LogP contribution in [-0.2, 0) is 0 Å². The van der Waals surface area contributed by atoms with Crippen LogP contribution in [0, 0.1) is 11.8 Å². The third kappa shape index (κ3) is 1.67. The summed E-state index contributed by atoms with van der Waals surface area (Å²) >= 11 is 6.03. The van der Waals surface area contributed by atoms with Gasteiger partial charge >= 0.3 is 0 Å². The zero-order valence-corrected chi connectivity index (χ0v) is 7.90. The minimum absolute atomic E-state index is 0.0405. The molecule has 1 rings (SSSR count). The number of hydrogen-bond donors (Lipinski definition) is 1. The van der Waals surface area contributed by atoms with Crippen molar-refractivity contribution in [1.29, 1.82) is 0 Å². The van der Waals surface area contributed by atoms with E-state index in [2.05, 4.69) is 12.2 Å². The number of nitrogens with one attached hydrogen (secondary N) is 1. The molecule has 0 aromatic heterocycles. The largest absolute Gasteiger partial charge is 0.285 e. The Balaban J connectivity index is 2.63. The van der Waals surface area contributed by atoms with E-state index in [1.807, 2.05) is 13.8 Å². The first-order chi connectivity index (χ1) is 5.04. The van der Waals surface area contributed by atoms with Gasteiger partial charge in [0.1, 0.15) is 0 Å². The van der Waals surface area contributed by atoms with Crippen molar-refractivity contribution in [3.8, 4) is 0 Å². The second-order valence-corrected chi connectivity index (χ2v) is 4.02. The molecule has 5 unspecified atom stereocenters. The maximum Gasteiger partial charge on any atom is 0.155 e. The fraction of sp³-hybridized carbons (Fsp3) is 1.00. The molecule has 0 aromatic rings. The fourth-order valence-electron chi connectivity index (χ4n) is 1.47. The average molecular weight is 180 g/mol. The molecular formula is C8H15ClFN. The molecule has 1 saturated heterocycles. The quantitative estimate of drug-likeness (QED) is 0.444. The highest BCUT2D eigenvalue weighted by Gasteiger charge is 2.37. The Bertz CT molecular complexity index is 128. The van der Waals surface area contributed by atoms with Gasteiger partial charge in [0.05, 0.1) is 0 Å². The lowest BCUT2D eigenvalue weighted by Gasteiger charge is -2.38. The molecule has 1 aliphatic heterocycles. The minimum atomic E-state index is -0.941. The highest BCUT2D eigenvalue weighted by Crippen LogP contribution is 2.30. The summed E-state index contributed by atoms with van der Waals surface area (Å²) < 4.78 is 13.1. The lowest BCUT2D eigenvalue weighted by molar-refractivity contribution is 0.100. The van der Waals surface area contributed by atoms with Crippen LogP contribution >= 0.6 is 11.6 Å². The Hall–Kier alpha value is 0.180. The standard InChI is InChI=1S/C8H15ClFN/c1-4-6(3)11-8(10)5(2)7(4)9/h4-8,11H,1-3H3. The van der Waals surface area contributed by atoms with Crippen molar-refractivity contribution in [2.75, 3.05) is 0 Å². The van der Waals surface area contributed by atoms with Crippen molar-refractivity contribution < 1.29 is 4.39 Å². The van der Waals surface area contributed by atoms with Crippen LogP contribution in [0.2, 0.25) is 0 Å². The molecule has 66 valence electrons. The van der Waals surface area contributed by atoms with E-state index in [0.717, 1.165) is 0 Å². The maximum atomic E-state index is 13.1. The summed E-state index contributed by atoms with van der Waals surface area (Å²) in [4.78, 5) is 0. The first-order valence-electron chi connectivity index (χ1n) is 4.08. The third-order valence-corrected chi connectivity index (χ3v) is 3.47. The van der Waals surface area contributed by atoms with E-state index in [0.29, 0.717) is 5.92 Å². The van der Waals surface area contributed by atoms with Gasteiger partial charge < -0.3 is 0 Å². The van der Waals surface area contributed by atoms with Gasteiger partial charge in [-0.25, -0.2) is 4.39 Å². The van der Waals surface area contributed by atoms with Gasteiger partial charge in [-0.05, 0) is 12.8 Å². The highest BCUT2D eigenvalue weighted by molar-refractivity contribution is 6.21. The van der Waals surface area contributed by atoms with E-state index in [9.17, 15) is 4.39 Å². The molecule has 0 amide bonds. The highest BCUT2D eigenvalue weighted by atomic mass is 35.5. The van der Waals surface area contributed by atoms with Gasteiger partial charge in [-0.15, -0.1) is 11.6 Å². The molecule has 0 aromatic carbocycles. The van der Waals surface area contributed by atoms with Crippen molar-refractivity contribution in [2.24, 2.45) is 11.8 Å². The summed E-state index contributed by atoms with van der Waals surface area (Å²) in [7, 11) is 0. The first-order valence-corrected chi connectivity index (χ1v) is 4.52. The van der Waals surface area contributed by atoms with Crippen LogP contribution in [-0.4, -0.2) is 17.7 Å². The van der Waals surface area contributed by atoms with Gasteiger partial charge in [0.15, 0.2) is 6.30 Å². The van der Waals surface area contributed by atoms with Crippen molar-refractivity contribution in [3.63, 3.8) is 0 Å². The number of hydrogen-bond acceptors (Lipinski definition) is 1. The monoisotopic (exact) mass is 179 g/mol. The number of rotatable bonds is 0. The molecule has 1 heterocycles. The van der Waals surface area contributed by atoms with Crippen LogP contribution in [0.3, 0.4) is 0 Å². The first kappa shape index (κ1) is 9.27. The van der Waals surface area contributed by atoms with Gasteiger partial charge in [-0.3, -0.25) is 5.32 Å². The Morgan fingerprint density at radius 1 is 1.18 bits per heavy atom. The third-order valence-electron chi connectivity index (χ3n) is 2.68. The zero-order chi connectivity index (χ0) is 8.59. The summed E-state index contributed by atoms with van der Waals surface area (Å²) in [6.07, 6.45) is -0.941. The predicted molar refractivity (Wildman–Crippen MR) is 45.5 cm³/mol. The smallest absolute Gasteiger partial charge is 0.155 e. The van der Waals surface area contributed by atoms with Crippen LogP contribution in [0.1, 0.15) is 20.8 Å². The van der Waals surface area contributed by atoms with E-state index >= 15 is 0 Å². The maximum absolute atomic E-state index is 13.1. The molecular weight excluding hydrogens is 165 g/mol. The summed E-state index contributed by atoms with van der Waals surface area (Å²) in [5.74, 6) is 0.265. The lowest BCUT2D eigenvalue weighted by atomic mass is 9.86. The molecule has 0 spiro atoms. The summed E-state index contributed by atoms with van der Waals surface area (Å²) in [5, 5.41) is 2.82. The molecule has 1 aliphatic rings. The van der Waals surface area contributed by atoms with Crippen molar-refractivity contribution in [1.82, 2.24) is 5.32 Å². The Kier molecular flexibility index (Phi) is 2.76. The molecule has 5 atom stereocenters. The molecule has 1 fully saturated rings. The van der Waals surface area contributed by atoms with Crippen molar-refractivity contribution in [3.05, 3.63) is 0 Å². The Morgan fingerprint density at radius 2 is 1.73 bits per heavy atom. The summed E-state index contributed by atoms with van der Waals surface area (Å²) in [6, 6.07) is 0.184. The summed E-state index contributed by atoms with van der Waals surface area (Å²) in [5.41, 5.74) is 0. The number of piperidine rings is 1. The van der Waals surface area contributed by atoms with Crippen LogP contribution in [0.25, 0.3) is 0 Å². The van der Waals surface area contributed by atoms with E-state index in [-0.39, 0.29) is 17.3 Å². The van der Waals surface area contributed by atoms with Crippen LogP contribution in [0.5, 0.6) is 0 Å². The van der Waals surface area contributed by atoms with Crippen LogP contribution in [0.15, 0.2) is 0 Å². The SMILES string of the molecule is CC1NC(F)C(C)C(Cl)C1C. The fourth-order valence-corrected chi connectivity index (χ4v) is 1.82. The molecule has 1 nitrogen and oxygen atoms in total. The zero-order valence-electron chi connectivity index (χ0n) is 7.14. The second-order valence-electron chi connectivity index (χ2n) is 3.52. The van der Waals surface area contributed by atoms with Crippen molar-refractivity contribution in [2.45, 2.75) is 38.5 Å². The molecule has 0 radical (unpaired) electrons.